The number of rotatable bonds is 4. The minimum absolute atomic E-state index is 0.0299. The van der Waals surface area contributed by atoms with Crippen molar-refractivity contribution in [3.63, 3.8) is 0 Å². The molecule has 36 heavy (non-hydrogen) atoms. The highest BCUT2D eigenvalue weighted by Gasteiger charge is 2.47. The normalized spacial score (nSPS) is 26.1. The molecule has 2 N–H and O–H groups in total. The smallest absolute Gasteiger partial charge is 0.320 e. The van der Waals surface area contributed by atoms with Crippen LogP contribution in [0.1, 0.15) is 68.7 Å². The van der Waals surface area contributed by atoms with E-state index in [2.05, 4.69) is 17.1 Å². The molecule has 194 valence electrons. The summed E-state index contributed by atoms with van der Waals surface area (Å²) in [6, 6.07) is 11.2. The summed E-state index contributed by atoms with van der Waals surface area (Å²) >= 11 is 0. The molecule has 2 aliphatic heterocycles. The quantitative estimate of drug-likeness (QED) is 0.678. The van der Waals surface area contributed by atoms with Crippen LogP contribution in [0.15, 0.2) is 47.5 Å². The molecule has 3 fully saturated rings. The minimum atomic E-state index is -2.76. The Bertz CT molecular complexity index is 1120. The van der Waals surface area contributed by atoms with Crippen LogP contribution in [0.5, 0.6) is 0 Å². The molecule has 2 amide bonds. The van der Waals surface area contributed by atoms with Gasteiger partial charge in [0, 0.05) is 38.3 Å². The van der Waals surface area contributed by atoms with Gasteiger partial charge in [-0.15, -0.1) is 0 Å². The first kappa shape index (κ1) is 24.9. The molecule has 3 atom stereocenters. The summed E-state index contributed by atoms with van der Waals surface area (Å²) in [5, 5.41) is 0. The predicted octanol–water partition coefficient (Wildman–Crippen LogP) is 4.35. The van der Waals surface area contributed by atoms with Crippen molar-refractivity contribution >= 4 is 6.03 Å². The van der Waals surface area contributed by atoms with Gasteiger partial charge in [0.15, 0.2) is 0 Å². The lowest BCUT2D eigenvalue weighted by Crippen LogP contribution is -2.56. The molecule has 0 radical (unpaired) electrons. The van der Waals surface area contributed by atoms with E-state index in [0.29, 0.717) is 26.2 Å². The maximum absolute atomic E-state index is 13.9. The van der Waals surface area contributed by atoms with Crippen LogP contribution >= 0.6 is 0 Å². The third-order valence-electron chi connectivity index (χ3n) is 8.60. The van der Waals surface area contributed by atoms with Gasteiger partial charge in [0.1, 0.15) is 5.69 Å². The molecular weight excluding hydrogens is 464 g/mol. The lowest BCUT2D eigenvalue weighted by Gasteiger charge is -2.49. The van der Waals surface area contributed by atoms with Crippen LogP contribution in [0.2, 0.25) is 0 Å². The van der Waals surface area contributed by atoms with Gasteiger partial charge in [0.05, 0.1) is 12.4 Å². The zero-order valence-corrected chi connectivity index (χ0v) is 20.6. The molecule has 1 saturated carbocycles. The molecule has 5 rings (SSSR count). The fraction of sp³-hybridized carbons (Fsp3) is 0.593. The van der Waals surface area contributed by atoms with E-state index in [9.17, 15) is 18.4 Å². The Hall–Kier alpha value is -2.81. The largest absolute Gasteiger partial charge is 0.328 e. The van der Waals surface area contributed by atoms with E-state index in [1.807, 2.05) is 28.0 Å². The number of nitrogens with zero attached hydrogens (tertiary/aromatic N) is 4. The number of hydrogen-bond donors (Lipinski definition) is 1. The highest BCUT2D eigenvalue weighted by molar-refractivity contribution is 5.75. The van der Waals surface area contributed by atoms with E-state index >= 15 is 0 Å². The van der Waals surface area contributed by atoms with Crippen molar-refractivity contribution in [2.75, 3.05) is 19.6 Å². The third kappa shape index (κ3) is 4.90. The topological polar surface area (TPSA) is 84.5 Å². The molecule has 1 aromatic carbocycles. The SMILES string of the molecule is N[C@@H]1CCN(C(=O)N2CCC(Cn3cnc(C(F)F)cc3=O)C3(CCCC3)C2)[C@H](c2ccccc2)C1. The number of piperidine rings is 2. The summed E-state index contributed by atoms with van der Waals surface area (Å²) in [5.74, 6) is 0.195. The summed E-state index contributed by atoms with van der Waals surface area (Å²) in [7, 11) is 0. The van der Waals surface area contributed by atoms with Crippen molar-refractivity contribution in [2.24, 2.45) is 17.1 Å². The van der Waals surface area contributed by atoms with Crippen LogP contribution in [0, 0.1) is 11.3 Å². The number of nitrogens with two attached hydrogens (primary N) is 1. The van der Waals surface area contributed by atoms with Gasteiger partial charge in [-0.2, -0.15) is 0 Å². The van der Waals surface area contributed by atoms with E-state index in [0.717, 1.165) is 56.6 Å². The summed E-state index contributed by atoms with van der Waals surface area (Å²) in [5.41, 5.74) is 6.42. The monoisotopic (exact) mass is 499 g/mol. The lowest BCUT2D eigenvalue weighted by atomic mass is 9.69. The Morgan fingerprint density at radius 3 is 2.58 bits per heavy atom. The van der Waals surface area contributed by atoms with E-state index in [-0.39, 0.29) is 29.4 Å². The Balaban J connectivity index is 1.34. The van der Waals surface area contributed by atoms with Gasteiger partial charge < -0.3 is 15.5 Å². The molecular formula is C27H35F2N5O2. The molecule has 1 aromatic heterocycles. The molecule has 1 aliphatic carbocycles. The van der Waals surface area contributed by atoms with Gasteiger partial charge in [-0.3, -0.25) is 9.36 Å². The maximum Gasteiger partial charge on any atom is 0.320 e. The second-order valence-corrected chi connectivity index (χ2v) is 10.8. The van der Waals surface area contributed by atoms with Crippen molar-refractivity contribution in [1.29, 1.82) is 0 Å². The zero-order chi connectivity index (χ0) is 25.3. The van der Waals surface area contributed by atoms with Gasteiger partial charge in [-0.1, -0.05) is 43.2 Å². The number of hydrogen-bond acceptors (Lipinski definition) is 4. The summed E-state index contributed by atoms with van der Waals surface area (Å²) in [4.78, 5) is 34.2. The molecule has 2 saturated heterocycles. The Labute approximate surface area is 210 Å². The van der Waals surface area contributed by atoms with Crippen molar-refractivity contribution in [2.45, 2.75) is 70.0 Å². The first-order valence-corrected chi connectivity index (χ1v) is 13.1. The number of carbonyl (C=O) groups excluding carboxylic acids is 1. The van der Waals surface area contributed by atoms with Gasteiger partial charge >= 0.3 is 6.03 Å². The first-order valence-electron chi connectivity index (χ1n) is 13.1. The van der Waals surface area contributed by atoms with Crippen molar-refractivity contribution < 1.29 is 13.6 Å². The number of likely N-dealkylation sites (tertiary alicyclic amines) is 2. The Morgan fingerprint density at radius 1 is 1.14 bits per heavy atom. The molecule has 1 spiro atoms. The number of amides is 2. The average Bonchev–Trinajstić information content (AvgIpc) is 3.35. The van der Waals surface area contributed by atoms with E-state index < -0.39 is 17.7 Å². The first-order chi connectivity index (χ1) is 17.4. The van der Waals surface area contributed by atoms with Gasteiger partial charge in [-0.05, 0) is 49.0 Å². The number of aromatic nitrogens is 2. The van der Waals surface area contributed by atoms with Crippen LogP contribution in [-0.2, 0) is 6.54 Å². The number of halogens is 2. The van der Waals surface area contributed by atoms with Crippen LogP contribution in [-0.4, -0.2) is 51.1 Å². The molecule has 7 nitrogen and oxygen atoms in total. The Morgan fingerprint density at radius 2 is 1.89 bits per heavy atom. The fourth-order valence-electron chi connectivity index (χ4n) is 6.63. The highest BCUT2D eigenvalue weighted by atomic mass is 19.3. The van der Waals surface area contributed by atoms with Gasteiger partial charge in [-0.25, -0.2) is 18.6 Å². The van der Waals surface area contributed by atoms with E-state index in [1.165, 1.54) is 10.9 Å². The van der Waals surface area contributed by atoms with Crippen LogP contribution in [0.25, 0.3) is 0 Å². The van der Waals surface area contributed by atoms with E-state index in [4.69, 9.17) is 5.73 Å². The summed E-state index contributed by atoms with van der Waals surface area (Å²) < 4.78 is 27.4. The average molecular weight is 500 g/mol. The summed E-state index contributed by atoms with van der Waals surface area (Å²) in [6.45, 7) is 2.37. The van der Waals surface area contributed by atoms with Crippen molar-refractivity contribution in [3.05, 3.63) is 64.3 Å². The molecule has 1 unspecified atom stereocenters. The molecule has 3 aliphatic rings. The minimum Gasteiger partial charge on any atom is -0.328 e. The maximum atomic E-state index is 13.9. The van der Waals surface area contributed by atoms with Crippen molar-refractivity contribution in [3.8, 4) is 0 Å². The van der Waals surface area contributed by atoms with E-state index in [1.54, 1.807) is 0 Å². The fourth-order valence-corrected chi connectivity index (χ4v) is 6.63. The van der Waals surface area contributed by atoms with Crippen LogP contribution < -0.4 is 11.3 Å². The zero-order valence-electron chi connectivity index (χ0n) is 20.6. The molecule has 0 bridgehead atoms. The second kappa shape index (κ2) is 10.3. The van der Waals surface area contributed by atoms with Crippen molar-refractivity contribution in [1.82, 2.24) is 19.4 Å². The number of alkyl halides is 2. The second-order valence-electron chi connectivity index (χ2n) is 10.8. The van der Waals surface area contributed by atoms with Crippen LogP contribution in [0.3, 0.4) is 0 Å². The predicted molar refractivity (Wildman–Crippen MR) is 133 cm³/mol. The Kier molecular flexibility index (Phi) is 7.10. The number of carbonyl (C=O) groups is 1. The van der Waals surface area contributed by atoms with Crippen LogP contribution in [0.4, 0.5) is 13.6 Å². The standard InChI is InChI=1S/C27H35F2N5O2/c28-25(29)22-15-24(35)33(18-31-22)16-20-8-12-32(17-27(20)10-4-5-11-27)26(36)34-13-9-21(30)14-23(34)19-6-2-1-3-7-19/h1-3,6-7,15,18,20-21,23,25H,4-5,8-14,16-17,30H2/t20?,21-,23+/m1/s1. The lowest BCUT2D eigenvalue weighted by molar-refractivity contribution is 0.0213. The molecule has 9 heteroatoms. The highest BCUT2D eigenvalue weighted by Crippen LogP contribution is 2.49. The summed E-state index contributed by atoms with van der Waals surface area (Å²) in [6.07, 6.45) is 5.03. The molecule has 3 heterocycles. The molecule has 2 aromatic rings. The third-order valence-corrected chi connectivity index (χ3v) is 8.60. The van der Waals surface area contributed by atoms with Gasteiger partial charge in [0.25, 0.3) is 12.0 Å². The number of benzene rings is 1. The van der Waals surface area contributed by atoms with Gasteiger partial charge in [0.2, 0.25) is 0 Å². The number of urea groups is 1.